The Morgan fingerprint density at radius 1 is 0.906 bits per heavy atom. The summed E-state index contributed by atoms with van der Waals surface area (Å²) in [5, 5.41) is 3.75. The Bertz CT molecular complexity index is 1060. The van der Waals surface area contributed by atoms with Crippen molar-refractivity contribution in [1.29, 1.82) is 0 Å². The first-order valence-electron chi connectivity index (χ1n) is 10.1. The van der Waals surface area contributed by atoms with Gasteiger partial charge in [-0.25, -0.2) is 0 Å². The molecule has 0 radical (unpaired) electrons. The molecule has 0 heterocycles. The van der Waals surface area contributed by atoms with Crippen molar-refractivity contribution < 1.29 is 14.3 Å². The van der Waals surface area contributed by atoms with Gasteiger partial charge >= 0.3 is 0 Å². The number of ether oxygens (including phenoxy) is 1. The molecule has 0 aliphatic rings. The summed E-state index contributed by atoms with van der Waals surface area (Å²) in [6.07, 6.45) is 0.365. The van der Waals surface area contributed by atoms with Gasteiger partial charge in [0.2, 0.25) is 5.91 Å². The SMILES string of the molecule is CNC(=O)[C@@H](Cc1ccccc1)N(Cc1cccc(Cl)c1)C(=O)COc1cccc(Cl)c1. The van der Waals surface area contributed by atoms with Crippen molar-refractivity contribution in [2.24, 2.45) is 0 Å². The fourth-order valence-electron chi connectivity index (χ4n) is 3.34. The number of likely N-dealkylation sites (N-methyl/N-ethyl adjacent to an activating group) is 1. The van der Waals surface area contributed by atoms with Crippen LogP contribution in [0.25, 0.3) is 0 Å². The number of halogens is 2. The standard InChI is InChI=1S/C25H24Cl2N2O3/c1-28-25(31)23(14-18-7-3-2-4-8-18)29(16-19-9-5-10-20(26)13-19)24(30)17-32-22-12-6-11-21(27)15-22/h2-13,15,23H,14,16-17H2,1H3,(H,28,31)/t23-/m1/s1. The highest BCUT2D eigenvalue weighted by Gasteiger charge is 2.30. The highest BCUT2D eigenvalue weighted by atomic mass is 35.5. The minimum atomic E-state index is -0.725. The molecule has 0 aromatic heterocycles. The van der Waals surface area contributed by atoms with E-state index in [-0.39, 0.29) is 25.0 Å². The van der Waals surface area contributed by atoms with Crippen LogP contribution in [0.15, 0.2) is 78.9 Å². The summed E-state index contributed by atoms with van der Waals surface area (Å²) in [5.74, 6) is -0.102. The molecular formula is C25H24Cl2N2O3. The predicted octanol–water partition coefficient (Wildman–Crippen LogP) is 4.76. The molecule has 3 aromatic rings. The van der Waals surface area contributed by atoms with Crippen LogP contribution in [0.2, 0.25) is 10.0 Å². The Kier molecular flexibility index (Phi) is 8.54. The van der Waals surface area contributed by atoms with Gasteiger partial charge in [0, 0.05) is 30.1 Å². The smallest absolute Gasteiger partial charge is 0.261 e. The fourth-order valence-corrected chi connectivity index (χ4v) is 3.73. The molecule has 3 aromatic carbocycles. The van der Waals surface area contributed by atoms with Gasteiger partial charge in [-0.1, -0.05) is 71.7 Å². The normalized spacial score (nSPS) is 11.5. The lowest BCUT2D eigenvalue weighted by Gasteiger charge is -2.31. The maximum atomic E-state index is 13.3. The second-order valence-electron chi connectivity index (χ2n) is 7.22. The first-order valence-corrected chi connectivity index (χ1v) is 10.9. The first-order chi connectivity index (χ1) is 15.5. The molecule has 2 amide bonds. The van der Waals surface area contributed by atoms with Crippen LogP contribution >= 0.6 is 23.2 Å². The van der Waals surface area contributed by atoms with E-state index in [0.29, 0.717) is 22.2 Å². The molecule has 0 spiro atoms. The monoisotopic (exact) mass is 470 g/mol. The molecule has 3 rings (SSSR count). The van der Waals surface area contributed by atoms with E-state index in [1.54, 1.807) is 43.4 Å². The number of nitrogens with zero attached hydrogens (tertiary/aromatic N) is 1. The van der Waals surface area contributed by atoms with Crippen LogP contribution in [0.1, 0.15) is 11.1 Å². The Hall–Kier alpha value is -3.02. The Morgan fingerprint density at radius 3 is 2.22 bits per heavy atom. The number of nitrogens with one attached hydrogen (secondary N) is 1. The molecule has 0 saturated heterocycles. The van der Waals surface area contributed by atoms with Gasteiger partial charge in [-0.15, -0.1) is 0 Å². The van der Waals surface area contributed by atoms with Crippen LogP contribution in [0.5, 0.6) is 5.75 Å². The van der Waals surface area contributed by atoms with Crippen molar-refractivity contribution in [2.45, 2.75) is 19.0 Å². The van der Waals surface area contributed by atoms with Crippen molar-refractivity contribution in [2.75, 3.05) is 13.7 Å². The molecule has 32 heavy (non-hydrogen) atoms. The summed E-state index contributed by atoms with van der Waals surface area (Å²) < 4.78 is 5.67. The third-order valence-electron chi connectivity index (χ3n) is 4.92. The zero-order chi connectivity index (χ0) is 22.9. The summed E-state index contributed by atoms with van der Waals surface area (Å²) in [6.45, 7) is -0.0214. The van der Waals surface area contributed by atoms with E-state index in [9.17, 15) is 9.59 Å². The minimum absolute atomic E-state index is 0.212. The summed E-state index contributed by atoms with van der Waals surface area (Å²) in [5.41, 5.74) is 1.76. The Balaban J connectivity index is 1.87. The molecule has 0 saturated carbocycles. The van der Waals surface area contributed by atoms with Crippen LogP contribution in [0.3, 0.4) is 0 Å². The predicted molar refractivity (Wildman–Crippen MR) is 127 cm³/mol. The molecule has 7 heteroatoms. The van der Waals surface area contributed by atoms with Crippen LogP contribution < -0.4 is 10.1 Å². The second-order valence-corrected chi connectivity index (χ2v) is 8.09. The van der Waals surface area contributed by atoms with Crippen molar-refractivity contribution >= 4 is 35.0 Å². The molecule has 1 atom stereocenters. The largest absolute Gasteiger partial charge is 0.484 e. The molecule has 0 unspecified atom stereocenters. The molecule has 0 bridgehead atoms. The zero-order valence-electron chi connectivity index (χ0n) is 17.6. The van der Waals surface area contributed by atoms with E-state index in [2.05, 4.69) is 5.32 Å². The summed E-state index contributed by atoms with van der Waals surface area (Å²) in [6, 6.07) is 22.9. The van der Waals surface area contributed by atoms with E-state index in [4.69, 9.17) is 27.9 Å². The lowest BCUT2D eigenvalue weighted by Crippen LogP contribution is -2.51. The lowest BCUT2D eigenvalue weighted by molar-refractivity contribution is -0.142. The molecule has 0 aliphatic heterocycles. The first kappa shape index (κ1) is 23.6. The van der Waals surface area contributed by atoms with E-state index >= 15 is 0 Å². The van der Waals surface area contributed by atoms with E-state index < -0.39 is 6.04 Å². The third kappa shape index (κ3) is 6.74. The highest BCUT2D eigenvalue weighted by Crippen LogP contribution is 2.20. The molecule has 5 nitrogen and oxygen atoms in total. The summed E-state index contributed by atoms with van der Waals surface area (Å²) in [4.78, 5) is 27.7. The number of rotatable bonds is 9. The highest BCUT2D eigenvalue weighted by molar-refractivity contribution is 6.30. The topological polar surface area (TPSA) is 58.6 Å². The van der Waals surface area contributed by atoms with Crippen molar-refractivity contribution in [3.8, 4) is 5.75 Å². The number of hydrogen-bond donors (Lipinski definition) is 1. The maximum absolute atomic E-state index is 13.3. The second kappa shape index (κ2) is 11.6. The van der Waals surface area contributed by atoms with Gasteiger partial charge in [0.25, 0.3) is 5.91 Å². The van der Waals surface area contributed by atoms with Gasteiger partial charge in [-0.05, 0) is 41.5 Å². The number of benzene rings is 3. The molecule has 1 N–H and O–H groups in total. The maximum Gasteiger partial charge on any atom is 0.261 e. The summed E-state index contributed by atoms with van der Waals surface area (Å²) in [7, 11) is 1.56. The minimum Gasteiger partial charge on any atom is -0.484 e. The Morgan fingerprint density at radius 2 is 1.56 bits per heavy atom. The zero-order valence-corrected chi connectivity index (χ0v) is 19.1. The van der Waals surface area contributed by atoms with E-state index in [1.165, 1.54) is 4.90 Å². The summed E-state index contributed by atoms with van der Waals surface area (Å²) >= 11 is 12.1. The molecule has 0 fully saturated rings. The molecule has 166 valence electrons. The average molecular weight is 471 g/mol. The van der Waals surface area contributed by atoms with Gasteiger partial charge in [0.15, 0.2) is 6.61 Å². The Labute approximate surface area is 197 Å². The van der Waals surface area contributed by atoms with Gasteiger partial charge < -0.3 is 15.0 Å². The number of amides is 2. The van der Waals surface area contributed by atoms with Gasteiger partial charge in [0.05, 0.1) is 0 Å². The quantitative estimate of drug-likeness (QED) is 0.490. The van der Waals surface area contributed by atoms with Gasteiger partial charge in [-0.3, -0.25) is 9.59 Å². The van der Waals surface area contributed by atoms with E-state index in [1.807, 2.05) is 42.5 Å². The van der Waals surface area contributed by atoms with Crippen molar-refractivity contribution in [3.63, 3.8) is 0 Å². The number of carbonyl (C=O) groups excluding carboxylic acids is 2. The molecular weight excluding hydrogens is 447 g/mol. The van der Waals surface area contributed by atoms with Crippen LogP contribution in [0.4, 0.5) is 0 Å². The number of hydrogen-bond acceptors (Lipinski definition) is 3. The molecule has 0 aliphatic carbocycles. The lowest BCUT2D eigenvalue weighted by atomic mass is 10.0. The number of carbonyl (C=O) groups is 2. The van der Waals surface area contributed by atoms with Crippen molar-refractivity contribution in [3.05, 3.63) is 100 Å². The van der Waals surface area contributed by atoms with Gasteiger partial charge in [0.1, 0.15) is 11.8 Å². The third-order valence-corrected chi connectivity index (χ3v) is 5.39. The average Bonchev–Trinajstić information content (AvgIpc) is 2.80. The fraction of sp³-hybridized carbons (Fsp3) is 0.200. The van der Waals surface area contributed by atoms with E-state index in [0.717, 1.165) is 11.1 Å². The van der Waals surface area contributed by atoms with Crippen molar-refractivity contribution in [1.82, 2.24) is 10.2 Å². The van der Waals surface area contributed by atoms with Crippen LogP contribution in [-0.4, -0.2) is 36.4 Å². The van der Waals surface area contributed by atoms with Gasteiger partial charge in [-0.2, -0.15) is 0 Å². The van der Waals surface area contributed by atoms with Crippen LogP contribution in [0, 0.1) is 0 Å². The van der Waals surface area contributed by atoms with Crippen LogP contribution in [-0.2, 0) is 22.6 Å².